The summed E-state index contributed by atoms with van der Waals surface area (Å²) >= 11 is 5.90. The van der Waals surface area contributed by atoms with Gasteiger partial charge in [0.05, 0.1) is 57.2 Å². The second-order valence-electron chi connectivity index (χ2n) is 12.1. The number of fused-ring (bicyclic) bond motifs is 2. The number of nitrogens with one attached hydrogen (secondary N) is 2. The predicted octanol–water partition coefficient (Wildman–Crippen LogP) is 6.92. The maximum atomic E-state index is 15.3. The standard InChI is InChI=1S/C31H30ClF4N7O2/c1-14(2)42-13-39-20-10-18(15-8-21-27(37-11-15)31(3,4)30(45)43(21)16-6-5-7-16)40-28(26(20)42)41-19-9-17(23(32)25(36)24(19)35)29(44)38-12-22(33)34/h8-11,13-14,16,22H,5-7,12H2,1-4H3,(H,38,44)(H,40,41). The predicted molar refractivity (Wildman–Crippen MR) is 162 cm³/mol. The molecule has 0 atom stereocenters. The summed E-state index contributed by atoms with van der Waals surface area (Å²) in [5.74, 6) is -3.95. The first-order chi connectivity index (χ1) is 21.3. The number of pyridine rings is 2. The maximum absolute atomic E-state index is 15.3. The Morgan fingerprint density at radius 2 is 1.87 bits per heavy atom. The summed E-state index contributed by atoms with van der Waals surface area (Å²) in [4.78, 5) is 41.7. The van der Waals surface area contributed by atoms with Crippen molar-refractivity contribution in [3.63, 3.8) is 0 Å². The van der Waals surface area contributed by atoms with E-state index in [-0.39, 0.29) is 23.8 Å². The van der Waals surface area contributed by atoms with E-state index >= 15 is 4.39 Å². The van der Waals surface area contributed by atoms with Crippen LogP contribution in [0.2, 0.25) is 5.02 Å². The largest absolute Gasteiger partial charge is 0.346 e. The van der Waals surface area contributed by atoms with Crippen LogP contribution in [0.4, 0.5) is 34.8 Å². The van der Waals surface area contributed by atoms with Crippen molar-refractivity contribution in [2.24, 2.45) is 0 Å². The zero-order chi connectivity index (χ0) is 32.4. The number of carbonyl (C=O) groups excluding carboxylic acids is 2. The second-order valence-corrected chi connectivity index (χ2v) is 12.5. The normalized spacial score (nSPS) is 16.1. The van der Waals surface area contributed by atoms with E-state index in [9.17, 15) is 22.8 Å². The summed E-state index contributed by atoms with van der Waals surface area (Å²) in [5, 5.41) is 3.90. The van der Waals surface area contributed by atoms with Gasteiger partial charge in [0.2, 0.25) is 5.91 Å². The number of rotatable bonds is 8. The Bertz CT molecular complexity index is 1860. The Balaban J connectivity index is 1.47. The summed E-state index contributed by atoms with van der Waals surface area (Å²) in [6.07, 6.45) is 3.20. The molecule has 9 nitrogen and oxygen atoms in total. The van der Waals surface area contributed by atoms with Gasteiger partial charge < -0.3 is 20.1 Å². The molecule has 14 heteroatoms. The molecule has 0 saturated heterocycles. The Morgan fingerprint density at radius 3 is 2.51 bits per heavy atom. The molecule has 0 unspecified atom stereocenters. The fraction of sp³-hybridized carbons (Fsp3) is 0.387. The summed E-state index contributed by atoms with van der Waals surface area (Å²) in [6, 6.07) is 4.54. The molecule has 6 rings (SSSR count). The van der Waals surface area contributed by atoms with Crippen LogP contribution in [0.1, 0.15) is 69.1 Å². The lowest BCUT2D eigenvalue weighted by molar-refractivity contribution is -0.123. The number of carbonyl (C=O) groups is 2. The van der Waals surface area contributed by atoms with E-state index in [0.717, 1.165) is 25.3 Å². The quantitative estimate of drug-likeness (QED) is 0.160. The molecule has 1 saturated carbocycles. The van der Waals surface area contributed by atoms with E-state index in [2.05, 4.69) is 15.3 Å². The third-order valence-corrected chi connectivity index (χ3v) is 8.75. The van der Waals surface area contributed by atoms with E-state index in [4.69, 9.17) is 16.6 Å². The molecule has 0 bridgehead atoms. The van der Waals surface area contributed by atoms with Crippen LogP contribution in [-0.4, -0.2) is 50.3 Å². The minimum Gasteiger partial charge on any atom is -0.346 e. The molecule has 0 spiro atoms. The van der Waals surface area contributed by atoms with Crippen LogP contribution in [0.3, 0.4) is 0 Å². The van der Waals surface area contributed by atoms with Crippen molar-refractivity contribution < 1.29 is 27.2 Å². The number of imidazole rings is 1. The van der Waals surface area contributed by atoms with E-state index < -0.39 is 52.2 Å². The molecule has 3 aromatic heterocycles. The summed E-state index contributed by atoms with van der Waals surface area (Å²) in [5.41, 5.74) is 1.48. The second kappa shape index (κ2) is 11.3. The van der Waals surface area contributed by atoms with Crippen molar-refractivity contribution in [3.05, 3.63) is 58.6 Å². The van der Waals surface area contributed by atoms with E-state index in [1.165, 1.54) is 0 Å². The molecule has 1 fully saturated rings. The SMILES string of the molecule is CC(C)n1cnc2cc(-c3cnc4c(c3)N(C3CCC3)C(=O)C4(C)C)nc(Nc3cc(C(=O)NCC(F)F)c(Cl)c(F)c3F)c21. The van der Waals surface area contributed by atoms with E-state index in [0.29, 0.717) is 33.7 Å². The monoisotopic (exact) mass is 643 g/mol. The van der Waals surface area contributed by atoms with Crippen LogP contribution < -0.4 is 15.5 Å². The highest BCUT2D eigenvalue weighted by atomic mass is 35.5. The number of nitrogens with zero attached hydrogens (tertiary/aromatic N) is 5. The van der Waals surface area contributed by atoms with Gasteiger partial charge in [-0.1, -0.05) is 11.6 Å². The highest BCUT2D eigenvalue weighted by molar-refractivity contribution is 6.34. The van der Waals surface area contributed by atoms with Crippen molar-refractivity contribution in [1.82, 2.24) is 24.8 Å². The number of alkyl halides is 2. The Hall–Kier alpha value is -4.26. The lowest BCUT2D eigenvalue weighted by Gasteiger charge is -2.35. The number of halogens is 5. The van der Waals surface area contributed by atoms with Gasteiger partial charge in [-0.25, -0.2) is 27.5 Å². The first-order valence-electron chi connectivity index (χ1n) is 14.5. The van der Waals surface area contributed by atoms with Crippen molar-refractivity contribution in [2.75, 3.05) is 16.8 Å². The lowest BCUT2D eigenvalue weighted by atomic mass is 9.89. The van der Waals surface area contributed by atoms with E-state index in [1.807, 2.05) is 44.0 Å². The molecule has 1 aliphatic carbocycles. The molecular formula is C31H30ClF4N7O2. The van der Waals surface area contributed by atoms with Crippen molar-refractivity contribution in [1.29, 1.82) is 0 Å². The number of hydrogen-bond acceptors (Lipinski definition) is 6. The zero-order valence-electron chi connectivity index (χ0n) is 24.9. The average Bonchev–Trinajstić information content (AvgIpc) is 3.49. The highest BCUT2D eigenvalue weighted by Crippen LogP contribution is 2.46. The van der Waals surface area contributed by atoms with Crippen LogP contribution in [0, 0.1) is 11.6 Å². The topological polar surface area (TPSA) is 105 Å². The molecule has 2 amide bonds. The van der Waals surface area contributed by atoms with Crippen molar-refractivity contribution >= 4 is 51.6 Å². The summed E-state index contributed by atoms with van der Waals surface area (Å²) in [6.45, 7) is 6.53. The number of aromatic nitrogens is 4. The number of benzene rings is 1. The third kappa shape index (κ3) is 5.16. The number of hydrogen-bond donors (Lipinski definition) is 2. The van der Waals surface area contributed by atoms with Gasteiger partial charge in [0.15, 0.2) is 17.5 Å². The molecule has 1 aromatic carbocycles. The average molecular weight is 644 g/mol. The minimum absolute atomic E-state index is 0.0121. The molecule has 1 aliphatic heterocycles. The molecule has 45 heavy (non-hydrogen) atoms. The molecule has 4 heterocycles. The summed E-state index contributed by atoms with van der Waals surface area (Å²) < 4.78 is 57.4. The van der Waals surface area contributed by atoms with Gasteiger partial charge in [-0.15, -0.1) is 0 Å². The van der Waals surface area contributed by atoms with Crippen LogP contribution in [0.15, 0.2) is 30.7 Å². The van der Waals surface area contributed by atoms with Gasteiger partial charge in [0.1, 0.15) is 5.52 Å². The smallest absolute Gasteiger partial charge is 0.255 e. The number of amides is 2. The minimum atomic E-state index is -2.86. The van der Waals surface area contributed by atoms with Crippen LogP contribution in [-0.2, 0) is 10.2 Å². The molecule has 236 valence electrons. The fourth-order valence-corrected chi connectivity index (χ4v) is 5.94. The molecule has 4 aromatic rings. The first kappa shape index (κ1) is 30.8. The van der Waals surface area contributed by atoms with Gasteiger partial charge in [0.25, 0.3) is 12.3 Å². The van der Waals surface area contributed by atoms with Crippen molar-refractivity contribution in [3.8, 4) is 11.3 Å². The van der Waals surface area contributed by atoms with Crippen LogP contribution >= 0.6 is 11.6 Å². The molecular weight excluding hydrogens is 614 g/mol. The van der Waals surface area contributed by atoms with Crippen molar-refractivity contribution in [2.45, 2.75) is 70.9 Å². The van der Waals surface area contributed by atoms with Gasteiger partial charge >= 0.3 is 0 Å². The Morgan fingerprint density at radius 1 is 1.13 bits per heavy atom. The Labute approximate surface area is 261 Å². The zero-order valence-corrected chi connectivity index (χ0v) is 25.6. The van der Waals surface area contributed by atoms with Gasteiger partial charge in [0, 0.05) is 23.8 Å². The number of anilines is 3. The van der Waals surface area contributed by atoms with Crippen LogP contribution in [0.5, 0.6) is 0 Å². The molecule has 0 radical (unpaired) electrons. The van der Waals surface area contributed by atoms with E-state index in [1.54, 1.807) is 23.2 Å². The molecule has 2 N–H and O–H groups in total. The Kier molecular flexibility index (Phi) is 7.70. The lowest BCUT2D eigenvalue weighted by Crippen LogP contribution is -2.46. The van der Waals surface area contributed by atoms with Crippen LogP contribution in [0.25, 0.3) is 22.3 Å². The molecule has 2 aliphatic rings. The van der Waals surface area contributed by atoms with Gasteiger partial charge in [-0.2, -0.15) is 0 Å². The third-order valence-electron chi connectivity index (χ3n) is 8.38. The van der Waals surface area contributed by atoms with Gasteiger partial charge in [-0.3, -0.25) is 14.6 Å². The highest BCUT2D eigenvalue weighted by Gasteiger charge is 2.48. The first-order valence-corrected chi connectivity index (χ1v) is 14.9. The maximum Gasteiger partial charge on any atom is 0.255 e. The fourth-order valence-electron chi connectivity index (χ4n) is 5.72. The van der Waals surface area contributed by atoms with Gasteiger partial charge in [-0.05, 0) is 65.2 Å². The summed E-state index contributed by atoms with van der Waals surface area (Å²) in [7, 11) is 0.